The van der Waals surface area contributed by atoms with E-state index in [0.717, 1.165) is 19.4 Å². The molecule has 2 atom stereocenters. The molecule has 0 saturated carbocycles. The zero-order valence-corrected chi connectivity index (χ0v) is 9.47. The Morgan fingerprint density at radius 1 is 1.38 bits per heavy atom. The fourth-order valence-corrected chi connectivity index (χ4v) is 1.95. The van der Waals surface area contributed by atoms with Gasteiger partial charge in [0.05, 0.1) is 12.7 Å². The molecule has 1 aliphatic heterocycles. The van der Waals surface area contributed by atoms with Gasteiger partial charge in [0.15, 0.2) is 0 Å². The van der Waals surface area contributed by atoms with Gasteiger partial charge in [0.25, 0.3) is 0 Å². The van der Waals surface area contributed by atoms with Crippen LogP contribution in [0.1, 0.15) is 18.4 Å². The van der Waals surface area contributed by atoms with E-state index in [2.05, 4.69) is 18.7 Å². The third-order valence-corrected chi connectivity index (χ3v) is 2.85. The first-order valence-electron chi connectivity index (χ1n) is 5.80. The Kier molecular flexibility index (Phi) is 4.14. The van der Waals surface area contributed by atoms with Gasteiger partial charge < -0.3 is 9.47 Å². The molecule has 1 aliphatic rings. The third kappa shape index (κ3) is 2.94. The molecule has 16 heavy (non-hydrogen) atoms. The van der Waals surface area contributed by atoms with Crippen LogP contribution in [0.5, 0.6) is 0 Å². The van der Waals surface area contributed by atoms with Gasteiger partial charge in [-0.25, -0.2) is 0 Å². The molecule has 0 aromatic heterocycles. The lowest BCUT2D eigenvalue weighted by Crippen LogP contribution is -2.34. The summed E-state index contributed by atoms with van der Waals surface area (Å²) < 4.78 is 11.5. The van der Waals surface area contributed by atoms with Crippen molar-refractivity contribution in [3.05, 3.63) is 48.6 Å². The Labute approximate surface area is 96.9 Å². The summed E-state index contributed by atoms with van der Waals surface area (Å²) in [5.41, 5.74) is 1.20. The molecular formula is C14H18O2. The maximum absolute atomic E-state index is 5.88. The first-order valence-corrected chi connectivity index (χ1v) is 5.80. The maximum atomic E-state index is 5.88. The van der Waals surface area contributed by atoms with E-state index in [1.807, 2.05) is 24.3 Å². The molecule has 1 fully saturated rings. The van der Waals surface area contributed by atoms with Crippen LogP contribution >= 0.6 is 0 Å². The molecule has 0 amide bonds. The number of hydrogen-bond acceptors (Lipinski definition) is 2. The van der Waals surface area contributed by atoms with Gasteiger partial charge in [-0.15, -0.1) is 6.58 Å². The fraction of sp³-hybridized carbons (Fsp3) is 0.429. The molecule has 1 saturated heterocycles. The first-order chi connectivity index (χ1) is 7.90. The van der Waals surface area contributed by atoms with Crippen molar-refractivity contribution in [2.75, 3.05) is 6.61 Å². The van der Waals surface area contributed by atoms with Crippen molar-refractivity contribution in [2.45, 2.75) is 31.7 Å². The molecule has 1 heterocycles. The molecule has 2 heteroatoms. The molecule has 0 aliphatic carbocycles. The minimum absolute atomic E-state index is 0.0532. The van der Waals surface area contributed by atoms with Crippen LogP contribution < -0.4 is 0 Å². The lowest BCUT2D eigenvalue weighted by molar-refractivity contribution is -0.0904. The van der Waals surface area contributed by atoms with Gasteiger partial charge in [-0.1, -0.05) is 36.4 Å². The molecule has 0 N–H and O–H groups in total. The minimum Gasteiger partial charge on any atom is -0.371 e. The lowest BCUT2D eigenvalue weighted by atomic mass is 10.1. The van der Waals surface area contributed by atoms with E-state index < -0.39 is 0 Å². The molecule has 1 aromatic carbocycles. The van der Waals surface area contributed by atoms with Gasteiger partial charge in [0, 0.05) is 6.61 Å². The van der Waals surface area contributed by atoms with Crippen molar-refractivity contribution in [3.8, 4) is 0 Å². The van der Waals surface area contributed by atoms with Crippen LogP contribution in [-0.4, -0.2) is 18.8 Å². The largest absolute Gasteiger partial charge is 0.371 e. The second-order valence-electron chi connectivity index (χ2n) is 4.05. The van der Waals surface area contributed by atoms with Crippen molar-refractivity contribution < 1.29 is 9.47 Å². The van der Waals surface area contributed by atoms with Gasteiger partial charge in [0.2, 0.25) is 0 Å². The molecule has 0 bridgehead atoms. The zero-order chi connectivity index (χ0) is 11.2. The Morgan fingerprint density at radius 3 is 2.94 bits per heavy atom. The van der Waals surface area contributed by atoms with E-state index in [4.69, 9.17) is 9.47 Å². The molecule has 0 spiro atoms. The van der Waals surface area contributed by atoms with Crippen LogP contribution in [0.15, 0.2) is 43.0 Å². The highest BCUT2D eigenvalue weighted by Gasteiger charge is 2.23. The number of ether oxygens (including phenoxy) is 2. The van der Waals surface area contributed by atoms with Crippen molar-refractivity contribution in [3.63, 3.8) is 0 Å². The molecule has 86 valence electrons. The van der Waals surface area contributed by atoms with Crippen molar-refractivity contribution >= 4 is 0 Å². The third-order valence-electron chi connectivity index (χ3n) is 2.85. The summed E-state index contributed by atoms with van der Waals surface area (Å²) in [6.45, 7) is 5.26. The maximum Gasteiger partial charge on any atom is 0.101 e. The Hall–Kier alpha value is -1.12. The van der Waals surface area contributed by atoms with E-state index >= 15 is 0 Å². The number of benzene rings is 1. The SMILES string of the molecule is C=C[C@@H]1OCCC[C@@H]1OCc1ccccc1. The molecule has 2 rings (SSSR count). The highest BCUT2D eigenvalue weighted by atomic mass is 16.5. The van der Waals surface area contributed by atoms with Crippen LogP contribution in [0.2, 0.25) is 0 Å². The highest BCUT2D eigenvalue weighted by Crippen LogP contribution is 2.19. The summed E-state index contributed by atoms with van der Waals surface area (Å²) in [4.78, 5) is 0. The summed E-state index contributed by atoms with van der Waals surface area (Å²) >= 11 is 0. The summed E-state index contributed by atoms with van der Waals surface area (Å²) in [7, 11) is 0. The van der Waals surface area contributed by atoms with Crippen molar-refractivity contribution in [2.24, 2.45) is 0 Å². The van der Waals surface area contributed by atoms with Crippen LogP contribution in [0.4, 0.5) is 0 Å². The van der Waals surface area contributed by atoms with Gasteiger partial charge in [-0.05, 0) is 18.4 Å². The highest BCUT2D eigenvalue weighted by molar-refractivity contribution is 5.13. The van der Waals surface area contributed by atoms with Crippen LogP contribution in [0.3, 0.4) is 0 Å². The van der Waals surface area contributed by atoms with Gasteiger partial charge in [-0.3, -0.25) is 0 Å². The molecule has 2 nitrogen and oxygen atoms in total. The van der Waals surface area contributed by atoms with Crippen LogP contribution in [-0.2, 0) is 16.1 Å². The second kappa shape index (κ2) is 5.83. The summed E-state index contributed by atoms with van der Waals surface area (Å²) in [6.07, 6.45) is 4.19. The minimum atomic E-state index is 0.0532. The predicted octanol–water partition coefficient (Wildman–Crippen LogP) is 2.94. The standard InChI is InChI=1S/C14H18O2/c1-2-13-14(9-6-10-15-13)16-11-12-7-4-3-5-8-12/h2-5,7-8,13-14H,1,6,9-11H2/t13-,14-/m0/s1. The van der Waals surface area contributed by atoms with Crippen LogP contribution in [0, 0.1) is 0 Å². The monoisotopic (exact) mass is 218 g/mol. The Morgan fingerprint density at radius 2 is 2.19 bits per heavy atom. The predicted molar refractivity (Wildman–Crippen MR) is 64.2 cm³/mol. The summed E-state index contributed by atoms with van der Waals surface area (Å²) in [5.74, 6) is 0. The average molecular weight is 218 g/mol. The number of rotatable bonds is 4. The Bertz CT molecular complexity index is 321. The van der Waals surface area contributed by atoms with E-state index in [0.29, 0.717) is 6.61 Å². The fourth-order valence-electron chi connectivity index (χ4n) is 1.95. The molecule has 1 aromatic rings. The lowest BCUT2D eigenvalue weighted by Gasteiger charge is -2.29. The van der Waals surface area contributed by atoms with Gasteiger partial charge in [0.1, 0.15) is 6.10 Å². The smallest absolute Gasteiger partial charge is 0.101 e. The molecule has 0 radical (unpaired) electrons. The zero-order valence-electron chi connectivity index (χ0n) is 9.47. The summed E-state index contributed by atoms with van der Waals surface area (Å²) in [6, 6.07) is 10.2. The van der Waals surface area contributed by atoms with Gasteiger partial charge >= 0.3 is 0 Å². The topological polar surface area (TPSA) is 18.5 Å². The Balaban J connectivity index is 1.86. The molecular weight excluding hydrogens is 200 g/mol. The van der Waals surface area contributed by atoms with E-state index in [-0.39, 0.29) is 12.2 Å². The van der Waals surface area contributed by atoms with E-state index in [9.17, 15) is 0 Å². The van der Waals surface area contributed by atoms with Crippen molar-refractivity contribution in [1.29, 1.82) is 0 Å². The summed E-state index contributed by atoms with van der Waals surface area (Å²) in [5, 5.41) is 0. The van der Waals surface area contributed by atoms with E-state index in [1.54, 1.807) is 0 Å². The van der Waals surface area contributed by atoms with Crippen molar-refractivity contribution in [1.82, 2.24) is 0 Å². The average Bonchev–Trinajstić information content (AvgIpc) is 2.38. The van der Waals surface area contributed by atoms with Gasteiger partial charge in [-0.2, -0.15) is 0 Å². The molecule has 0 unspecified atom stereocenters. The first kappa shape index (κ1) is 11.4. The number of hydrogen-bond donors (Lipinski definition) is 0. The second-order valence-corrected chi connectivity index (χ2v) is 4.05. The van der Waals surface area contributed by atoms with Crippen LogP contribution in [0.25, 0.3) is 0 Å². The normalized spacial score (nSPS) is 25.2. The quantitative estimate of drug-likeness (QED) is 0.723. The van der Waals surface area contributed by atoms with E-state index in [1.165, 1.54) is 5.56 Å².